The Morgan fingerprint density at radius 3 is 2.88 bits per heavy atom. The molecule has 0 aliphatic rings. The number of carbonyl (C=O) groups is 1. The van der Waals surface area contributed by atoms with E-state index in [0.29, 0.717) is 12.5 Å². The standard InChI is InChI=1S/C12H22N4O/c1-11(2)3-4-15-12(17)9-13-5-7-16-8-6-14-10-16/h6,8,10-11,13H,3-5,7,9H2,1-2H3,(H,15,17). The summed E-state index contributed by atoms with van der Waals surface area (Å²) in [5, 5.41) is 5.99. The minimum Gasteiger partial charge on any atom is -0.355 e. The fraction of sp³-hybridized carbons (Fsp3) is 0.667. The molecule has 1 rings (SSSR count). The Balaban J connectivity index is 1.97. The Morgan fingerprint density at radius 2 is 2.24 bits per heavy atom. The van der Waals surface area contributed by atoms with E-state index in [-0.39, 0.29) is 5.91 Å². The number of aromatic nitrogens is 2. The Bertz CT molecular complexity index is 308. The van der Waals surface area contributed by atoms with Gasteiger partial charge in [-0.1, -0.05) is 13.8 Å². The monoisotopic (exact) mass is 238 g/mol. The van der Waals surface area contributed by atoms with Crippen LogP contribution in [0.1, 0.15) is 20.3 Å². The number of imidazole rings is 1. The number of carbonyl (C=O) groups excluding carboxylic acids is 1. The van der Waals surface area contributed by atoms with Gasteiger partial charge in [-0.05, 0) is 12.3 Å². The SMILES string of the molecule is CC(C)CCNC(=O)CNCCn1ccnc1. The van der Waals surface area contributed by atoms with Crippen LogP contribution in [0.15, 0.2) is 18.7 Å². The second-order valence-electron chi connectivity index (χ2n) is 4.51. The lowest BCUT2D eigenvalue weighted by Gasteiger charge is -2.08. The van der Waals surface area contributed by atoms with Crippen LogP contribution in [0, 0.1) is 5.92 Å². The maximum atomic E-state index is 11.4. The average molecular weight is 238 g/mol. The first-order valence-corrected chi connectivity index (χ1v) is 6.11. The summed E-state index contributed by atoms with van der Waals surface area (Å²) in [4.78, 5) is 15.3. The molecule has 0 aliphatic carbocycles. The van der Waals surface area contributed by atoms with Crippen LogP contribution >= 0.6 is 0 Å². The molecule has 0 radical (unpaired) electrons. The highest BCUT2D eigenvalue weighted by Crippen LogP contribution is 1.95. The van der Waals surface area contributed by atoms with Gasteiger partial charge in [0.15, 0.2) is 0 Å². The van der Waals surface area contributed by atoms with Crippen LogP contribution in [0.5, 0.6) is 0 Å². The van der Waals surface area contributed by atoms with Crippen molar-refractivity contribution in [3.05, 3.63) is 18.7 Å². The lowest BCUT2D eigenvalue weighted by Crippen LogP contribution is -2.35. The Hall–Kier alpha value is -1.36. The van der Waals surface area contributed by atoms with Crippen molar-refractivity contribution in [2.45, 2.75) is 26.8 Å². The van der Waals surface area contributed by atoms with Gasteiger partial charge in [-0.15, -0.1) is 0 Å². The van der Waals surface area contributed by atoms with Crippen molar-refractivity contribution in [2.75, 3.05) is 19.6 Å². The topological polar surface area (TPSA) is 59.0 Å². The third-order valence-corrected chi connectivity index (χ3v) is 2.44. The third kappa shape index (κ3) is 6.73. The molecule has 0 saturated carbocycles. The summed E-state index contributed by atoms with van der Waals surface area (Å²) < 4.78 is 1.98. The zero-order chi connectivity index (χ0) is 12.5. The van der Waals surface area contributed by atoms with Gasteiger partial charge < -0.3 is 15.2 Å². The first-order chi connectivity index (χ1) is 8.18. The van der Waals surface area contributed by atoms with E-state index in [1.165, 1.54) is 0 Å². The molecular formula is C12H22N4O. The van der Waals surface area contributed by atoms with Crippen LogP contribution in [0.3, 0.4) is 0 Å². The molecule has 0 aromatic carbocycles. The van der Waals surface area contributed by atoms with Crippen molar-refractivity contribution in [3.63, 3.8) is 0 Å². The fourth-order valence-corrected chi connectivity index (χ4v) is 1.39. The number of nitrogens with zero attached hydrogens (tertiary/aromatic N) is 2. The van der Waals surface area contributed by atoms with Crippen molar-refractivity contribution in [2.24, 2.45) is 5.92 Å². The second-order valence-corrected chi connectivity index (χ2v) is 4.51. The molecule has 1 amide bonds. The summed E-state index contributed by atoms with van der Waals surface area (Å²) in [7, 11) is 0. The normalized spacial score (nSPS) is 10.8. The first-order valence-electron chi connectivity index (χ1n) is 6.11. The van der Waals surface area contributed by atoms with E-state index in [1.54, 1.807) is 12.5 Å². The minimum absolute atomic E-state index is 0.0660. The van der Waals surface area contributed by atoms with Crippen molar-refractivity contribution in [3.8, 4) is 0 Å². The molecule has 96 valence electrons. The fourth-order valence-electron chi connectivity index (χ4n) is 1.39. The van der Waals surface area contributed by atoms with Crippen molar-refractivity contribution >= 4 is 5.91 Å². The zero-order valence-electron chi connectivity index (χ0n) is 10.6. The van der Waals surface area contributed by atoms with Crippen LogP contribution in [0.2, 0.25) is 0 Å². The summed E-state index contributed by atoms with van der Waals surface area (Å²) >= 11 is 0. The summed E-state index contributed by atoms with van der Waals surface area (Å²) in [5.74, 6) is 0.695. The Labute approximate surface area is 103 Å². The molecule has 0 spiro atoms. The van der Waals surface area contributed by atoms with Crippen LogP contribution in [0.25, 0.3) is 0 Å². The lowest BCUT2D eigenvalue weighted by molar-refractivity contribution is -0.120. The largest absolute Gasteiger partial charge is 0.355 e. The molecule has 5 nitrogen and oxygen atoms in total. The summed E-state index contributed by atoms with van der Waals surface area (Å²) in [6.07, 6.45) is 6.45. The van der Waals surface area contributed by atoms with E-state index in [9.17, 15) is 4.79 Å². The smallest absolute Gasteiger partial charge is 0.233 e. The van der Waals surface area contributed by atoms with E-state index in [2.05, 4.69) is 29.5 Å². The van der Waals surface area contributed by atoms with Crippen molar-refractivity contribution in [1.29, 1.82) is 0 Å². The maximum absolute atomic E-state index is 11.4. The van der Waals surface area contributed by atoms with Crippen molar-refractivity contribution in [1.82, 2.24) is 20.2 Å². The van der Waals surface area contributed by atoms with E-state index in [4.69, 9.17) is 0 Å². The van der Waals surface area contributed by atoms with E-state index in [1.807, 2.05) is 10.8 Å². The van der Waals surface area contributed by atoms with Crippen LogP contribution < -0.4 is 10.6 Å². The quantitative estimate of drug-likeness (QED) is 0.653. The van der Waals surface area contributed by atoms with E-state index in [0.717, 1.165) is 26.1 Å². The number of hydrogen-bond donors (Lipinski definition) is 2. The predicted octanol–water partition coefficient (Wildman–Crippen LogP) is 0.635. The summed E-state index contributed by atoms with van der Waals surface area (Å²) in [6, 6.07) is 0. The molecule has 2 N–H and O–H groups in total. The lowest BCUT2D eigenvalue weighted by atomic mass is 10.1. The van der Waals surface area contributed by atoms with Crippen LogP contribution in [-0.4, -0.2) is 35.1 Å². The van der Waals surface area contributed by atoms with Crippen molar-refractivity contribution < 1.29 is 4.79 Å². The maximum Gasteiger partial charge on any atom is 0.233 e. The molecule has 1 heterocycles. The van der Waals surface area contributed by atoms with Gasteiger partial charge >= 0.3 is 0 Å². The molecule has 0 fully saturated rings. The average Bonchev–Trinajstić information content (AvgIpc) is 2.76. The molecule has 0 bridgehead atoms. The molecule has 17 heavy (non-hydrogen) atoms. The van der Waals surface area contributed by atoms with Gasteiger partial charge in [0.05, 0.1) is 12.9 Å². The van der Waals surface area contributed by atoms with E-state index < -0.39 is 0 Å². The number of rotatable bonds is 8. The van der Waals surface area contributed by atoms with Gasteiger partial charge in [-0.25, -0.2) is 4.98 Å². The summed E-state index contributed by atoms with van der Waals surface area (Å²) in [5.41, 5.74) is 0. The van der Waals surface area contributed by atoms with E-state index >= 15 is 0 Å². The molecule has 0 atom stereocenters. The highest BCUT2D eigenvalue weighted by molar-refractivity contribution is 5.77. The third-order valence-electron chi connectivity index (χ3n) is 2.44. The predicted molar refractivity (Wildman–Crippen MR) is 67.6 cm³/mol. The van der Waals surface area contributed by atoms with Gasteiger partial charge in [0.25, 0.3) is 0 Å². The second kappa shape index (κ2) is 7.84. The highest BCUT2D eigenvalue weighted by atomic mass is 16.1. The zero-order valence-corrected chi connectivity index (χ0v) is 10.6. The molecule has 5 heteroatoms. The molecule has 0 saturated heterocycles. The van der Waals surface area contributed by atoms with Gasteiger partial charge in [0.1, 0.15) is 0 Å². The molecule has 0 unspecified atom stereocenters. The molecule has 1 aromatic rings. The van der Waals surface area contributed by atoms with Gasteiger partial charge in [0, 0.05) is 32.0 Å². The minimum atomic E-state index is 0.0660. The number of nitrogens with one attached hydrogen (secondary N) is 2. The first kappa shape index (κ1) is 13.7. The molecule has 0 aliphatic heterocycles. The van der Waals surface area contributed by atoms with Gasteiger partial charge in [-0.3, -0.25) is 4.79 Å². The van der Waals surface area contributed by atoms with Crippen LogP contribution in [-0.2, 0) is 11.3 Å². The molecular weight excluding hydrogens is 216 g/mol. The van der Waals surface area contributed by atoms with Gasteiger partial charge in [-0.2, -0.15) is 0 Å². The number of amides is 1. The Morgan fingerprint density at radius 1 is 1.41 bits per heavy atom. The Kier molecular flexibility index (Phi) is 6.32. The van der Waals surface area contributed by atoms with Crippen LogP contribution in [0.4, 0.5) is 0 Å². The van der Waals surface area contributed by atoms with Gasteiger partial charge in [0.2, 0.25) is 5.91 Å². The summed E-state index contributed by atoms with van der Waals surface area (Å²) in [6.45, 7) is 7.05. The number of hydrogen-bond acceptors (Lipinski definition) is 3. The molecule has 1 aromatic heterocycles. The highest BCUT2D eigenvalue weighted by Gasteiger charge is 2.00.